The molecule has 0 fully saturated rings. The fourth-order valence-electron chi connectivity index (χ4n) is 1.26. The van der Waals surface area contributed by atoms with E-state index in [1.54, 1.807) is 0 Å². The fraction of sp³-hybridized carbons (Fsp3) is 0.364. The highest BCUT2D eigenvalue weighted by atomic mass is 19.2. The molecule has 0 radical (unpaired) electrons. The average Bonchev–Trinajstić information content (AvgIpc) is 2.37. The quantitative estimate of drug-likeness (QED) is 0.378. The third kappa shape index (κ3) is 3.55. The van der Waals surface area contributed by atoms with Gasteiger partial charge in [-0.1, -0.05) is 0 Å². The SMILES string of the molecule is O=C(O)CCCCOc1c(F)c(F)c(F)c(F)c1F. The number of unbranched alkanes of at least 4 members (excludes halogenated alkanes) is 1. The van der Waals surface area contributed by atoms with Gasteiger partial charge in [0.25, 0.3) is 0 Å². The minimum atomic E-state index is -2.26. The fourth-order valence-corrected chi connectivity index (χ4v) is 1.26. The van der Waals surface area contributed by atoms with Crippen molar-refractivity contribution in [2.75, 3.05) is 6.61 Å². The van der Waals surface area contributed by atoms with Crippen molar-refractivity contribution in [2.45, 2.75) is 19.3 Å². The van der Waals surface area contributed by atoms with Gasteiger partial charge in [-0.2, -0.15) is 8.78 Å². The molecule has 1 N–H and O–H groups in total. The van der Waals surface area contributed by atoms with Gasteiger partial charge in [0.05, 0.1) is 6.61 Å². The van der Waals surface area contributed by atoms with Crippen LogP contribution in [-0.2, 0) is 4.79 Å². The number of carboxylic acid groups (broad SMARTS) is 1. The highest BCUT2D eigenvalue weighted by Gasteiger charge is 2.26. The summed E-state index contributed by atoms with van der Waals surface area (Å²) < 4.78 is 68.9. The summed E-state index contributed by atoms with van der Waals surface area (Å²) in [5.41, 5.74) is 0. The van der Waals surface area contributed by atoms with Gasteiger partial charge in [0.2, 0.25) is 29.1 Å². The lowest BCUT2D eigenvalue weighted by Gasteiger charge is -2.09. The Morgan fingerprint density at radius 3 is 1.84 bits per heavy atom. The normalized spacial score (nSPS) is 10.6. The van der Waals surface area contributed by atoms with Crippen molar-refractivity contribution in [3.8, 4) is 5.75 Å². The van der Waals surface area contributed by atoms with E-state index < -0.39 is 40.8 Å². The van der Waals surface area contributed by atoms with Crippen LogP contribution in [0.3, 0.4) is 0 Å². The summed E-state index contributed by atoms with van der Waals surface area (Å²) in [7, 11) is 0. The first-order valence-corrected chi connectivity index (χ1v) is 5.22. The van der Waals surface area contributed by atoms with Crippen LogP contribution in [0.15, 0.2) is 0 Å². The molecular formula is C11H9F5O3. The number of aliphatic carboxylic acids is 1. The number of hydrogen-bond donors (Lipinski definition) is 1. The maximum atomic E-state index is 13.1. The van der Waals surface area contributed by atoms with E-state index in [0.717, 1.165) is 0 Å². The topological polar surface area (TPSA) is 46.5 Å². The Kier molecular flexibility index (Phi) is 5.08. The molecule has 1 aromatic carbocycles. The third-order valence-corrected chi connectivity index (χ3v) is 2.20. The van der Waals surface area contributed by atoms with Crippen LogP contribution in [0.25, 0.3) is 0 Å². The van der Waals surface area contributed by atoms with Gasteiger partial charge in [-0.15, -0.1) is 0 Å². The van der Waals surface area contributed by atoms with Gasteiger partial charge in [-0.3, -0.25) is 4.79 Å². The van der Waals surface area contributed by atoms with Crippen LogP contribution in [0.1, 0.15) is 19.3 Å². The zero-order chi connectivity index (χ0) is 14.6. The van der Waals surface area contributed by atoms with Crippen molar-refractivity contribution in [3.63, 3.8) is 0 Å². The van der Waals surface area contributed by atoms with E-state index in [-0.39, 0.29) is 25.9 Å². The molecule has 0 unspecified atom stereocenters. The number of rotatable bonds is 6. The summed E-state index contributed by atoms with van der Waals surface area (Å²) >= 11 is 0. The van der Waals surface area contributed by atoms with Gasteiger partial charge in [0, 0.05) is 6.42 Å². The first-order valence-electron chi connectivity index (χ1n) is 5.22. The Balaban J connectivity index is 2.71. The van der Waals surface area contributed by atoms with Crippen LogP contribution in [-0.4, -0.2) is 17.7 Å². The molecule has 1 rings (SSSR count). The van der Waals surface area contributed by atoms with Gasteiger partial charge in [-0.05, 0) is 12.8 Å². The van der Waals surface area contributed by atoms with Gasteiger partial charge in [-0.25, -0.2) is 13.2 Å². The monoisotopic (exact) mass is 284 g/mol. The Bertz CT molecular complexity index is 461. The molecule has 0 bridgehead atoms. The van der Waals surface area contributed by atoms with Crippen molar-refractivity contribution < 1.29 is 36.6 Å². The molecule has 3 nitrogen and oxygen atoms in total. The highest BCUT2D eigenvalue weighted by molar-refractivity contribution is 5.66. The maximum Gasteiger partial charge on any atom is 0.303 e. The van der Waals surface area contributed by atoms with Gasteiger partial charge in [0.15, 0.2) is 5.75 Å². The first kappa shape index (κ1) is 15.2. The number of halogens is 5. The van der Waals surface area contributed by atoms with Crippen molar-refractivity contribution in [1.29, 1.82) is 0 Å². The zero-order valence-electron chi connectivity index (χ0n) is 9.48. The van der Waals surface area contributed by atoms with E-state index in [1.165, 1.54) is 0 Å². The summed E-state index contributed by atoms with van der Waals surface area (Å²) in [6, 6.07) is 0. The van der Waals surface area contributed by atoms with E-state index in [1.807, 2.05) is 0 Å². The molecule has 19 heavy (non-hydrogen) atoms. The van der Waals surface area contributed by atoms with E-state index in [4.69, 9.17) is 5.11 Å². The minimum Gasteiger partial charge on any atom is -0.487 e. The molecule has 0 aromatic heterocycles. The molecule has 0 aliphatic rings. The van der Waals surface area contributed by atoms with E-state index in [9.17, 15) is 26.7 Å². The molecule has 0 atom stereocenters. The average molecular weight is 284 g/mol. The number of ether oxygens (including phenoxy) is 1. The lowest BCUT2D eigenvalue weighted by atomic mass is 10.2. The minimum absolute atomic E-state index is 0.103. The molecule has 0 heterocycles. The predicted octanol–water partition coefficient (Wildman–Crippen LogP) is 3.02. The summed E-state index contributed by atoms with van der Waals surface area (Å²) in [6.07, 6.45) is 0.0803. The summed E-state index contributed by atoms with van der Waals surface area (Å²) in [5, 5.41) is 8.32. The van der Waals surface area contributed by atoms with Crippen LogP contribution in [0, 0.1) is 29.1 Å². The second-order valence-electron chi connectivity index (χ2n) is 3.60. The van der Waals surface area contributed by atoms with E-state index in [2.05, 4.69) is 4.74 Å². The molecule has 8 heteroatoms. The van der Waals surface area contributed by atoms with Crippen molar-refractivity contribution in [2.24, 2.45) is 0 Å². The molecular weight excluding hydrogens is 275 g/mol. The molecule has 0 spiro atoms. The Morgan fingerprint density at radius 2 is 1.37 bits per heavy atom. The van der Waals surface area contributed by atoms with Crippen molar-refractivity contribution in [3.05, 3.63) is 29.1 Å². The molecule has 106 valence electrons. The zero-order valence-corrected chi connectivity index (χ0v) is 9.48. The number of carbonyl (C=O) groups is 1. The molecule has 0 saturated heterocycles. The van der Waals surface area contributed by atoms with Crippen LogP contribution >= 0.6 is 0 Å². The van der Waals surface area contributed by atoms with Gasteiger partial charge >= 0.3 is 5.97 Å². The Hall–Kier alpha value is -1.86. The number of benzene rings is 1. The Morgan fingerprint density at radius 1 is 0.895 bits per heavy atom. The molecule has 0 aliphatic heterocycles. The van der Waals surface area contributed by atoms with E-state index in [0.29, 0.717) is 0 Å². The van der Waals surface area contributed by atoms with Gasteiger partial charge < -0.3 is 9.84 Å². The van der Waals surface area contributed by atoms with Crippen molar-refractivity contribution >= 4 is 5.97 Å². The van der Waals surface area contributed by atoms with E-state index >= 15 is 0 Å². The predicted molar refractivity (Wildman–Crippen MR) is 53.2 cm³/mol. The van der Waals surface area contributed by atoms with Crippen LogP contribution in [0.2, 0.25) is 0 Å². The molecule has 0 saturated carbocycles. The third-order valence-electron chi connectivity index (χ3n) is 2.20. The lowest BCUT2D eigenvalue weighted by molar-refractivity contribution is -0.137. The molecule has 0 amide bonds. The molecule has 1 aromatic rings. The largest absolute Gasteiger partial charge is 0.487 e. The number of hydrogen-bond acceptors (Lipinski definition) is 2. The highest BCUT2D eigenvalue weighted by Crippen LogP contribution is 2.29. The number of carboxylic acids is 1. The van der Waals surface area contributed by atoms with Crippen LogP contribution in [0.4, 0.5) is 22.0 Å². The first-order chi connectivity index (χ1) is 8.86. The molecule has 0 aliphatic carbocycles. The second kappa shape index (κ2) is 6.35. The lowest BCUT2D eigenvalue weighted by Crippen LogP contribution is -2.08. The standard InChI is InChI=1S/C11H9F5O3/c12-6-7(13)9(15)11(10(16)8(6)14)19-4-2-1-3-5(17)18/h1-4H2,(H,17,18). The second-order valence-corrected chi connectivity index (χ2v) is 3.60. The van der Waals surface area contributed by atoms with Crippen molar-refractivity contribution in [1.82, 2.24) is 0 Å². The summed E-state index contributed by atoms with van der Waals surface area (Å²) in [6.45, 7) is -0.356. The summed E-state index contributed by atoms with van der Waals surface area (Å²) in [4.78, 5) is 10.2. The Labute approximate surface area is 104 Å². The van der Waals surface area contributed by atoms with Crippen LogP contribution in [0.5, 0.6) is 5.75 Å². The smallest absolute Gasteiger partial charge is 0.303 e. The summed E-state index contributed by atoms with van der Waals surface area (Å²) in [5.74, 6) is -12.9. The van der Waals surface area contributed by atoms with Gasteiger partial charge in [0.1, 0.15) is 0 Å². The maximum absolute atomic E-state index is 13.1. The van der Waals surface area contributed by atoms with Crippen LogP contribution < -0.4 is 4.74 Å².